The molecule has 0 radical (unpaired) electrons. The summed E-state index contributed by atoms with van der Waals surface area (Å²) in [6.45, 7) is 1.93. The third-order valence-electron chi connectivity index (χ3n) is 2.86. The van der Waals surface area contributed by atoms with Crippen LogP contribution in [0, 0.1) is 12.7 Å². The fourth-order valence-electron chi connectivity index (χ4n) is 1.91. The van der Waals surface area contributed by atoms with Crippen LogP contribution in [-0.4, -0.2) is 13.4 Å². The first kappa shape index (κ1) is 12.3. The highest BCUT2D eigenvalue weighted by Gasteiger charge is 2.09. The molecule has 0 aliphatic carbocycles. The summed E-state index contributed by atoms with van der Waals surface area (Å²) in [4.78, 5) is 11.0. The van der Waals surface area contributed by atoms with E-state index in [-0.39, 0.29) is 5.82 Å². The zero-order chi connectivity index (χ0) is 13.1. The van der Waals surface area contributed by atoms with E-state index in [1.807, 2.05) is 13.0 Å². The zero-order valence-corrected chi connectivity index (χ0v) is 10.2. The van der Waals surface area contributed by atoms with E-state index in [0.717, 1.165) is 23.0 Å². The van der Waals surface area contributed by atoms with E-state index in [1.165, 1.54) is 19.2 Å². The van der Waals surface area contributed by atoms with Gasteiger partial charge in [-0.2, -0.15) is 0 Å². The van der Waals surface area contributed by atoms with E-state index < -0.39 is 0 Å². The predicted molar refractivity (Wildman–Crippen MR) is 68.5 cm³/mol. The van der Waals surface area contributed by atoms with Crippen LogP contribution in [0.5, 0.6) is 5.75 Å². The van der Waals surface area contributed by atoms with Crippen molar-refractivity contribution < 1.29 is 13.9 Å². The van der Waals surface area contributed by atoms with Crippen LogP contribution in [0.15, 0.2) is 36.4 Å². The first-order valence-corrected chi connectivity index (χ1v) is 5.55. The third-order valence-corrected chi connectivity index (χ3v) is 2.86. The summed E-state index contributed by atoms with van der Waals surface area (Å²) in [5.41, 5.74) is 3.24. The van der Waals surface area contributed by atoms with E-state index in [9.17, 15) is 9.18 Å². The SMILES string of the molecule is COc1cc(C)c(-c2ccc(F)cc2)cc1C=O. The number of aldehydes is 1. The standard InChI is InChI=1S/C15H13FO2/c1-10-7-15(18-2)12(9-17)8-14(10)11-3-5-13(16)6-4-11/h3-9H,1-2H3. The molecular weight excluding hydrogens is 231 g/mol. The highest BCUT2D eigenvalue weighted by atomic mass is 19.1. The monoisotopic (exact) mass is 244 g/mol. The van der Waals surface area contributed by atoms with Crippen LogP contribution in [0.2, 0.25) is 0 Å². The molecule has 3 heteroatoms. The van der Waals surface area contributed by atoms with Crippen LogP contribution in [0.3, 0.4) is 0 Å². The van der Waals surface area contributed by atoms with Gasteiger partial charge in [0, 0.05) is 0 Å². The molecule has 0 aliphatic heterocycles. The second kappa shape index (κ2) is 5.00. The van der Waals surface area contributed by atoms with Crippen molar-refractivity contribution in [3.8, 4) is 16.9 Å². The van der Waals surface area contributed by atoms with Gasteiger partial charge in [0.25, 0.3) is 0 Å². The van der Waals surface area contributed by atoms with Crippen LogP contribution in [0.4, 0.5) is 4.39 Å². The Morgan fingerprint density at radius 2 is 1.83 bits per heavy atom. The van der Waals surface area contributed by atoms with Crippen molar-refractivity contribution in [1.82, 2.24) is 0 Å². The normalized spacial score (nSPS) is 10.2. The van der Waals surface area contributed by atoms with Crippen molar-refractivity contribution >= 4 is 6.29 Å². The number of carbonyl (C=O) groups excluding carboxylic acids is 1. The first-order chi connectivity index (χ1) is 8.65. The molecule has 0 N–H and O–H groups in total. The lowest BCUT2D eigenvalue weighted by Crippen LogP contribution is -1.94. The highest BCUT2D eigenvalue weighted by Crippen LogP contribution is 2.29. The molecule has 2 rings (SSSR count). The fraction of sp³-hybridized carbons (Fsp3) is 0.133. The molecule has 0 aromatic heterocycles. The number of benzene rings is 2. The van der Waals surface area contributed by atoms with Crippen molar-refractivity contribution in [3.63, 3.8) is 0 Å². The number of aryl methyl sites for hydroxylation is 1. The van der Waals surface area contributed by atoms with Crippen LogP contribution >= 0.6 is 0 Å². The Bertz CT molecular complexity index is 574. The third kappa shape index (κ3) is 2.25. The van der Waals surface area contributed by atoms with E-state index in [1.54, 1.807) is 18.2 Å². The summed E-state index contributed by atoms with van der Waals surface area (Å²) in [6, 6.07) is 9.76. The lowest BCUT2D eigenvalue weighted by Gasteiger charge is -2.10. The maximum atomic E-state index is 12.9. The van der Waals surface area contributed by atoms with E-state index in [0.29, 0.717) is 11.3 Å². The minimum absolute atomic E-state index is 0.277. The minimum Gasteiger partial charge on any atom is -0.496 e. The second-order valence-electron chi connectivity index (χ2n) is 4.03. The Balaban J connectivity index is 2.57. The van der Waals surface area contributed by atoms with Crippen molar-refractivity contribution in [2.45, 2.75) is 6.92 Å². The molecule has 0 amide bonds. The van der Waals surface area contributed by atoms with Crippen LogP contribution in [0.25, 0.3) is 11.1 Å². The molecule has 2 nitrogen and oxygen atoms in total. The number of halogens is 1. The molecule has 0 atom stereocenters. The summed E-state index contributed by atoms with van der Waals surface area (Å²) in [7, 11) is 1.53. The first-order valence-electron chi connectivity index (χ1n) is 5.55. The summed E-state index contributed by atoms with van der Waals surface area (Å²) >= 11 is 0. The van der Waals surface area contributed by atoms with E-state index in [4.69, 9.17) is 4.74 Å². The average Bonchev–Trinajstić information content (AvgIpc) is 2.39. The Morgan fingerprint density at radius 3 is 2.39 bits per heavy atom. The van der Waals surface area contributed by atoms with Gasteiger partial charge in [-0.3, -0.25) is 4.79 Å². The van der Waals surface area contributed by atoms with Crippen LogP contribution in [0.1, 0.15) is 15.9 Å². The summed E-state index contributed by atoms with van der Waals surface area (Å²) in [6.07, 6.45) is 0.755. The van der Waals surface area contributed by atoms with Gasteiger partial charge < -0.3 is 4.74 Å². The van der Waals surface area contributed by atoms with Crippen LogP contribution in [-0.2, 0) is 0 Å². The predicted octanol–water partition coefficient (Wildman–Crippen LogP) is 3.62. The number of carbonyl (C=O) groups is 1. The molecule has 0 saturated carbocycles. The molecule has 18 heavy (non-hydrogen) atoms. The van der Waals surface area contributed by atoms with Gasteiger partial charge in [-0.25, -0.2) is 4.39 Å². The molecule has 0 bridgehead atoms. The Labute approximate surface area is 105 Å². The van der Waals surface area contributed by atoms with Gasteiger partial charge in [-0.15, -0.1) is 0 Å². The van der Waals surface area contributed by atoms with Crippen LogP contribution < -0.4 is 4.74 Å². The van der Waals surface area contributed by atoms with Gasteiger partial charge in [-0.05, 0) is 47.9 Å². The Hall–Kier alpha value is -2.16. The lowest BCUT2D eigenvalue weighted by atomic mass is 9.98. The summed E-state index contributed by atoms with van der Waals surface area (Å²) < 4.78 is 18.0. The topological polar surface area (TPSA) is 26.3 Å². The molecule has 2 aromatic carbocycles. The number of hydrogen-bond donors (Lipinski definition) is 0. The van der Waals surface area contributed by atoms with Gasteiger partial charge in [0.1, 0.15) is 11.6 Å². The summed E-state index contributed by atoms with van der Waals surface area (Å²) in [5.74, 6) is 0.272. The number of ether oxygens (including phenoxy) is 1. The summed E-state index contributed by atoms with van der Waals surface area (Å²) in [5, 5.41) is 0. The van der Waals surface area contributed by atoms with E-state index in [2.05, 4.69) is 0 Å². The van der Waals surface area contributed by atoms with Crippen molar-refractivity contribution in [1.29, 1.82) is 0 Å². The molecule has 92 valence electrons. The number of methoxy groups -OCH3 is 1. The minimum atomic E-state index is -0.277. The van der Waals surface area contributed by atoms with E-state index >= 15 is 0 Å². The van der Waals surface area contributed by atoms with Gasteiger partial charge in [0.05, 0.1) is 12.7 Å². The van der Waals surface area contributed by atoms with Crippen molar-refractivity contribution in [3.05, 3.63) is 53.3 Å². The smallest absolute Gasteiger partial charge is 0.153 e. The largest absolute Gasteiger partial charge is 0.496 e. The molecule has 2 aromatic rings. The molecule has 0 saturated heterocycles. The van der Waals surface area contributed by atoms with Gasteiger partial charge >= 0.3 is 0 Å². The Morgan fingerprint density at radius 1 is 1.17 bits per heavy atom. The second-order valence-corrected chi connectivity index (χ2v) is 4.03. The molecular formula is C15H13FO2. The average molecular weight is 244 g/mol. The van der Waals surface area contributed by atoms with Crippen molar-refractivity contribution in [2.75, 3.05) is 7.11 Å². The highest BCUT2D eigenvalue weighted by molar-refractivity contribution is 5.84. The molecule has 0 heterocycles. The Kier molecular flexibility index (Phi) is 3.42. The number of rotatable bonds is 3. The van der Waals surface area contributed by atoms with Crippen molar-refractivity contribution in [2.24, 2.45) is 0 Å². The molecule has 0 fully saturated rings. The fourth-order valence-corrected chi connectivity index (χ4v) is 1.91. The molecule has 0 spiro atoms. The van der Waals surface area contributed by atoms with Gasteiger partial charge in [0.15, 0.2) is 6.29 Å². The van der Waals surface area contributed by atoms with Gasteiger partial charge in [-0.1, -0.05) is 12.1 Å². The molecule has 0 unspecified atom stereocenters. The van der Waals surface area contributed by atoms with Gasteiger partial charge in [0.2, 0.25) is 0 Å². The number of hydrogen-bond acceptors (Lipinski definition) is 2. The lowest BCUT2D eigenvalue weighted by molar-refractivity contribution is 0.112. The maximum absolute atomic E-state index is 12.9. The molecule has 0 aliphatic rings. The quantitative estimate of drug-likeness (QED) is 0.771. The zero-order valence-electron chi connectivity index (χ0n) is 10.2. The maximum Gasteiger partial charge on any atom is 0.153 e.